The van der Waals surface area contributed by atoms with E-state index < -0.39 is 0 Å². The fraction of sp³-hybridized carbons (Fsp3) is 0.111. The molecule has 0 aliphatic heterocycles. The molecule has 8 heteroatoms. The molecule has 0 spiro atoms. The number of hydrogen-bond acceptors (Lipinski definition) is 7. The summed E-state index contributed by atoms with van der Waals surface area (Å²) in [5.74, 6) is 1.58. The van der Waals surface area contributed by atoms with Gasteiger partial charge in [0.05, 0.1) is 5.69 Å². The van der Waals surface area contributed by atoms with Crippen LogP contribution in [0.3, 0.4) is 0 Å². The Morgan fingerprint density at radius 1 is 1.12 bits per heavy atom. The minimum Gasteiger partial charge on any atom is -0.298 e. The Balaban J connectivity index is 1.53. The largest absolute Gasteiger partial charge is 0.298 e. The lowest BCUT2D eigenvalue weighted by atomic mass is 10.2. The predicted octanol–water partition coefficient (Wildman–Crippen LogP) is 5.00. The Hall–Kier alpha value is -2.29. The van der Waals surface area contributed by atoms with E-state index in [0.29, 0.717) is 6.54 Å². The minimum absolute atomic E-state index is 0.657. The van der Waals surface area contributed by atoms with E-state index in [9.17, 15) is 0 Å². The van der Waals surface area contributed by atoms with Crippen LogP contribution in [-0.2, 0) is 12.3 Å². The Morgan fingerprint density at radius 2 is 2.00 bits per heavy atom. The third kappa shape index (κ3) is 3.62. The maximum Gasteiger partial charge on any atom is 0.192 e. The molecule has 0 N–H and O–H groups in total. The van der Waals surface area contributed by atoms with Gasteiger partial charge in [0.25, 0.3) is 0 Å². The summed E-state index contributed by atoms with van der Waals surface area (Å²) in [4.78, 5) is 8.79. The van der Waals surface area contributed by atoms with Crippen LogP contribution in [0.15, 0.2) is 64.5 Å². The topological polar surface area (TPSA) is 56.5 Å². The zero-order valence-corrected chi connectivity index (χ0v) is 16.2. The van der Waals surface area contributed by atoms with Crippen LogP contribution in [0, 0.1) is 0 Å². The van der Waals surface area contributed by atoms with Crippen LogP contribution in [0.5, 0.6) is 0 Å². The van der Waals surface area contributed by atoms with Gasteiger partial charge in [-0.2, -0.15) is 11.3 Å². The van der Waals surface area contributed by atoms with Crippen LogP contribution < -0.4 is 0 Å². The van der Waals surface area contributed by atoms with Crippen molar-refractivity contribution in [3.63, 3.8) is 0 Å². The second-order valence-corrected chi connectivity index (χ2v) is 7.97. The maximum absolute atomic E-state index is 4.73. The lowest BCUT2D eigenvalue weighted by Gasteiger charge is -2.07. The molecule has 0 atom stereocenters. The number of hydrogen-bond donors (Lipinski definition) is 0. The summed E-state index contributed by atoms with van der Waals surface area (Å²) >= 11 is 5.00. The zero-order chi connectivity index (χ0) is 17.8. The highest BCUT2D eigenvalue weighted by molar-refractivity contribution is 7.98. The van der Waals surface area contributed by atoms with Crippen molar-refractivity contribution >= 4 is 34.4 Å². The average molecular weight is 398 g/mol. The Labute approximate surface area is 163 Å². The number of thiazole rings is 1. The van der Waals surface area contributed by atoms with Crippen LogP contribution in [0.2, 0.25) is 0 Å². The van der Waals surface area contributed by atoms with Gasteiger partial charge in [0.15, 0.2) is 11.0 Å². The molecular weight excluding hydrogens is 382 g/mol. The van der Waals surface area contributed by atoms with Gasteiger partial charge in [-0.3, -0.25) is 9.55 Å². The molecule has 0 bridgehead atoms. The molecule has 4 rings (SSSR count). The van der Waals surface area contributed by atoms with E-state index in [2.05, 4.69) is 48.5 Å². The van der Waals surface area contributed by atoms with Crippen LogP contribution in [-0.4, -0.2) is 24.7 Å². The minimum atomic E-state index is 0.657. The number of thioether (sulfide) groups is 1. The van der Waals surface area contributed by atoms with Crippen molar-refractivity contribution in [3.8, 4) is 22.0 Å². The zero-order valence-electron chi connectivity index (χ0n) is 13.8. The van der Waals surface area contributed by atoms with Gasteiger partial charge < -0.3 is 0 Å². The molecule has 0 radical (unpaired) electrons. The predicted molar refractivity (Wildman–Crippen MR) is 108 cm³/mol. The van der Waals surface area contributed by atoms with E-state index in [4.69, 9.17) is 4.98 Å². The van der Waals surface area contributed by atoms with Gasteiger partial charge in [0.1, 0.15) is 5.01 Å². The van der Waals surface area contributed by atoms with Crippen LogP contribution in [0.4, 0.5) is 0 Å². The van der Waals surface area contributed by atoms with Crippen molar-refractivity contribution in [3.05, 3.63) is 65.1 Å². The van der Waals surface area contributed by atoms with Crippen molar-refractivity contribution < 1.29 is 0 Å². The van der Waals surface area contributed by atoms with Gasteiger partial charge in [-0.05, 0) is 23.6 Å². The molecule has 26 heavy (non-hydrogen) atoms. The molecule has 4 heterocycles. The summed E-state index contributed by atoms with van der Waals surface area (Å²) in [5, 5.41) is 17.0. The van der Waals surface area contributed by atoms with Crippen molar-refractivity contribution in [1.82, 2.24) is 24.7 Å². The Kier molecular flexibility index (Phi) is 5.24. The molecule has 0 unspecified atom stereocenters. The molecule has 130 valence electrons. The lowest BCUT2D eigenvalue weighted by molar-refractivity contribution is 0.731. The van der Waals surface area contributed by atoms with Crippen LogP contribution >= 0.6 is 34.4 Å². The van der Waals surface area contributed by atoms with E-state index in [1.165, 1.54) is 5.56 Å². The van der Waals surface area contributed by atoms with Gasteiger partial charge in [0, 0.05) is 46.6 Å². The molecule has 0 amide bonds. The summed E-state index contributed by atoms with van der Waals surface area (Å²) in [6.07, 6.45) is 5.38. The molecule has 0 aliphatic carbocycles. The van der Waals surface area contributed by atoms with E-state index >= 15 is 0 Å². The molecule has 0 saturated carbocycles. The van der Waals surface area contributed by atoms with Gasteiger partial charge in [-0.15, -0.1) is 28.1 Å². The van der Waals surface area contributed by atoms with Crippen molar-refractivity contribution in [2.24, 2.45) is 0 Å². The van der Waals surface area contributed by atoms with E-state index in [1.54, 1.807) is 46.8 Å². The number of rotatable bonds is 7. The number of aromatic nitrogens is 5. The molecule has 0 saturated heterocycles. The summed E-state index contributed by atoms with van der Waals surface area (Å²) in [5.41, 5.74) is 3.24. The van der Waals surface area contributed by atoms with Crippen LogP contribution in [0.1, 0.15) is 5.69 Å². The molecule has 4 aromatic heterocycles. The number of pyridine rings is 1. The number of nitrogens with zero attached hydrogens (tertiary/aromatic N) is 5. The molecule has 0 aromatic carbocycles. The third-order valence-corrected chi connectivity index (χ3v) is 6.26. The summed E-state index contributed by atoms with van der Waals surface area (Å²) in [6.45, 7) is 4.51. The number of thiophene rings is 1. The van der Waals surface area contributed by atoms with Crippen molar-refractivity contribution in [2.45, 2.75) is 17.5 Å². The SMILES string of the molecule is C=CCn1c(SCc2csc(-c3ccsc3)n2)nnc1-c1ccncc1. The highest BCUT2D eigenvalue weighted by Crippen LogP contribution is 2.30. The van der Waals surface area contributed by atoms with E-state index in [-0.39, 0.29) is 0 Å². The second kappa shape index (κ2) is 7.94. The van der Waals surface area contributed by atoms with Crippen molar-refractivity contribution in [1.29, 1.82) is 0 Å². The smallest absolute Gasteiger partial charge is 0.192 e. The van der Waals surface area contributed by atoms with Crippen molar-refractivity contribution in [2.75, 3.05) is 0 Å². The van der Waals surface area contributed by atoms with Crippen LogP contribution in [0.25, 0.3) is 22.0 Å². The standard InChI is InChI=1S/C18H15N5S3/c1-2-8-23-16(13-3-6-19-7-4-13)21-22-18(23)26-12-15-11-25-17(20-15)14-5-9-24-10-14/h2-7,9-11H,1,8,12H2. The summed E-state index contributed by atoms with van der Waals surface area (Å²) in [7, 11) is 0. The van der Waals surface area contributed by atoms with Gasteiger partial charge >= 0.3 is 0 Å². The monoisotopic (exact) mass is 397 g/mol. The first kappa shape index (κ1) is 17.1. The first-order valence-electron chi connectivity index (χ1n) is 7.89. The highest BCUT2D eigenvalue weighted by Gasteiger charge is 2.14. The third-order valence-electron chi connectivity index (χ3n) is 3.64. The molecule has 0 aliphatic rings. The summed E-state index contributed by atoms with van der Waals surface area (Å²) in [6, 6.07) is 5.97. The first-order chi connectivity index (χ1) is 12.8. The molecular formula is C18H15N5S3. The molecule has 0 fully saturated rings. The number of allylic oxidation sites excluding steroid dienone is 1. The second-order valence-electron chi connectivity index (χ2n) is 5.39. The Morgan fingerprint density at radius 3 is 2.77 bits per heavy atom. The maximum atomic E-state index is 4.73. The average Bonchev–Trinajstić information content (AvgIpc) is 3.42. The fourth-order valence-electron chi connectivity index (χ4n) is 2.43. The highest BCUT2D eigenvalue weighted by atomic mass is 32.2. The normalized spacial score (nSPS) is 10.9. The van der Waals surface area contributed by atoms with E-state index in [0.717, 1.165) is 33.0 Å². The van der Waals surface area contributed by atoms with Gasteiger partial charge in [0.2, 0.25) is 0 Å². The van der Waals surface area contributed by atoms with E-state index in [1.807, 2.05) is 18.2 Å². The molecule has 5 nitrogen and oxygen atoms in total. The first-order valence-corrected chi connectivity index (χ1v) is 10.7. The van der Waals surface area contributed by atoms with Gasteiger partial charge in [-0.1, -0.05) is 17.8 Å². The fourth-order valence-corrected chi connectivity index (χ4v) is 4.91. The molecule has 4 aromatic rings. The lowest BCUT2D eigenvalue weighted by Crippen LogP contribution is -2.00. The van der Waals surface area contributed by atoms with Gasteiger partial charge in [-0.25, -0.2) is 4.98 Å². The quantitative estimate of drug-likeness (QED) is 0.324. The summed E-state index contributed by atoms with van der Waals surface area (Å²) < 4.78 is 2.07. The Bertz CT molecular complexity index is 989.